The molecule has 0 atom stereocenters. The summed E-state index contributed by atoms with van der Waals surface area (Å²) in [6.07, 6.45) is 3.70. The minimum absolute atomic E-state index is 0. The second-order valence-electron chi connectivity index (χ2n) is 12.9. The molecule has 0 saturated heterocycles. The Bertz CT molecular complexity index is 2090. The van der Waals surface area contributed by atoms with Crippen molar-refractivity contribution in [3.63, 3.8) is 0 Å². The van der Waals surface area contributed by atoms with Gasteiger partial charge in [-0.1, -0.05) is 69.3 Å². The molecule has 0 N–H and O–H groups in total. The first-order chi connectivity index (χ1) is 22.8. The van der Waals surface area contributed by atoms with Crippen molar-refractivity contribution in [3.05, 3.63) is 146 Å². The molecule has 6 nitrogen and oxygen atoms in total. The van der Waals surface area contributed by atoms with Crippen LogP contribution in [0.5, 0.6) is 23.1 Å². The van der Waals surface area contributed by atoms with E-state index in [9.17, 15) is 0 Å². The van der Waals surface area contributed by atoms with Gasteiger partial charge in [0.15, 0.2) is 8.07 Å². The van der Waals surface area contributed by atoms with Gasteiger partial charge in [-0.2, -0.15) is 41.8 Å². The summed E-state index contributed by atoms with van der Waals surface area (Å²) >= 11 is 0. The third kappa shape index (κ3) is 5.31. The van der Waals surface area contributed by atoms with Gasteiger partial charge in [-0.25, -0.2) is 0 Å². The number of anilines is 3. The smallest absolute Gasteiger partial charge is 0.186 e. The molecule has 0 amide bonds. The molecule has 0 spiro atoms. The average molecular weight is 825 g/mol. The number of hydrogen-bond donors (Lipinski definition) is 0. The van der Waals surface area contributed by atoms with E-state index in [0.717, 1.165) is 49.4 Å². The zero-order valence-corrected chi connectivity index (χ0v) is 30.3. The predicted molar refractivity (Wildman–Crippen MR) is 190 cm³/mol. The largest absolute Gasteiger partial charge is 0.504 e. The van der Waals surface area contributed by atoms with Crippen molar-refractivity contribution in [2.75, 3.05) is 16.8 Å². The van der Waals surface area contributed by atoms with Crippen LogP contribution < -0.4 is 40.2 Å². The van der Waals surface area contributed by atoms with Gasteiger partial charge in [0.25, 0.3) is 0 Å². The van der Waals surface area contributed by atoms with Crippen LogP contribution >= 0.6 is 0 Å². The van der Waals surface area contributed by atoms with Gasteiger partial charge in [0.2, 0.25) is 0 Å². The molecule has 8 heteroatoms. The molecule has 4 heterocycles. The number of nitrogens with zero attached hydrogens (tertiary/aromatic N) is 4. The Kier molecular flexibility index (Phi) is 8.22. The maximum atomic E-state index is 6.53. The third-order valence-corrected chi connectivity index (χ3v) is 13.5. The molecule has 0 unspecified atom stereocenters. The van der Waals surface area contributed by atoms with Crippen LogP contribution in [0.2, 0.25) is 0 Å². The molecule has 8 rings (SSSR count). The van der Waals surface area contributed by atoms with Crippen LogP contribution in [0.1, 0.15) is 26.3 Å². The fourth-order valence-corrected chi connectivity index (χ4v) is 11.3. The summed E-state index contributed by atoms with van der Waals surface area (Å²) in [5.74, 6) is 2.62. The van der Waals surface area contributed by atoms with Gasteiger partial charge >= 0.3 is 0 Å². The second kappa shape index (κ2) is 12.4. The number of rotatable bonds is 5. The Morgan fingerprint density at radius 1 is 0.750 bits per heavy atom. The van der Waals surface area contributed by atoms with Gasteiger partial charge in [0.1, 0.15) is 17.4 Å². The van der Waals surface area contributed by atoms with Crippen molar-refractivity contribution in [2.45, 2.75) is 26.2 Å². The van der Waals surface area contributed by atoms with E-state index in [1.165, 1.54) is 5.56 Å². The number of para-hydroxylation sites is 4. The number of fused-ring (bicyclic) bond motifs is 3. The molecule has 2 aliphatic rings. The van der Waals surface area contributed by atoms with Gasteiger partial charge in [0.05, 0.1) is 0 Å². The molecule has 0 aliphatic carbocycles. The van der Waals surface area contributed by atoms with E-state index in [0.29, 0.717) is 11.6 Å². The molecule has 2 aromatic heterocycles. The van der Waals surface area contributed by atoms with Crippen LogP contribution in [0, 0.1) is 18.8 Å². The first-order valence-corrected chi connectivity index (χ1v) is 17.7. The summed E-state index contributed by atoms with van der Waals surface area (Å²) in [7, 11) is -0.998. The van der Waals surface area contributed by atoms with Crippen molar-refractivity contribution in [1.82, 2.24) is 9.97 Å². The fourth-order valence-electron chi connectivity index (χ4n) is 6.64. The first kappa shape index (κ1) is 31.9. The number of benzene rings is 4. The van der Waals surface area contributed by atoms with Gasteiger partial charge < -0.3 is 19.3 Å². The van der Waals surface area contributed by atoms with E-state index in [4.69, 9.17) is 14.5 Å². The first-order valence-electron chi connectivity index (χ1n) is 15.7. The molecule has 242 valence electrons. The molecular formula is C40H33N4O2PtSi-3. The molecule has 4 aromatic carbocycles. The SMILES string of the molecule is CN1[CH-]N(c2[c-]c(Oc3[c-]c([Si]4(c5cc(C(C)(C)C)ccn5)c5ccccc5Oc5ccccc54)ccc3)ncc2)c2ccccc21.[Pt]. The molecule has 2 aliphatic heterocycles. The van der Waals surface area contributed by atoms with Crippen molar-refractivity contribution >= 4 is 46.0 Å². The van der Waals surface area contributed by atoms with Gasteiger partial charge in [-0.15, -0.1) is 12.1 Å². The van der Waals surface area contributed by atoms with E-state index in [-0.39, 0.29) is 26.5 Å². The fraction of sp³-hybridized carbons (Fsp3) is 0.125. The van der Waals surface area contributed by atoms with Gasteiger partial charge in [-0.05, 0) is 71.0 Å². The van der Waals surface area contributed by atoms with Crippen LogP contribution in [-0.4, -0.2) is 25.1 Å². The molecule has 0 fully saturated rings. The van der Waals surface area contributed by atoms with Crippen molar-refractivity contribution in [2.24, 2.45) is 0 Å². The molecule has 48 heavy (non-hydrogen) atoms. The Balaban J connectivity index is 0.00000364. The summed E-state index contributed by atoms with van der Waals surface area (Å²) in [6.45, 7) is 8.75. The summed E-state index contributed by atoms with van der Waals surface area (Å²) in [5, 5.41) is 4.31. The molecule has 0 saturated carbocycles. The van der Waals surface area contributed by atoms with E-state index in [2.05, 4.69) is 114 Å². The standard InChI is InChI=1S/C40H33N4O2Si.Pt/c1-40(2,3)28-20-22-42-39(24-28)47(36-18-9-7-16-34(36)46-35-17-8-10-19-37(35)47)31-13-11-12-30(26-31)45-38-25-29(21-23-41-38)44-27-43(4)32-14-5-6-15-33(32)44;/h5-24,27H,1-4H3;/q-3;. The maximum absolute atomic E-state index is 6.53. The second-order valence-corrected chi connectivity index (χ2v) is 16.5. The average Bonchev–Trinajstić information content (AvgIpc) is 3.43. The van der Waals surface area contributed by atoms with Crippen LogP contribution in [0.3, 0.4) is 0 Å². The zero-order chi connectivity index (χ0) is 32.2. The van der Waals surface area contributed by atoms with Gasteiger partial charge in [-0.3, -0.25) is 9.97 Å². The van der Waals surface area contributed by atoms with Gasteiger partial charge in [0, 0.05) is 49.7 Å². The van der Waals surface area contributed by atoms with Crippen molar-refractivity contribution in [3.8, 4) is 23.1 Å². The summed E-state index contributed by atoms with van der Waals surface area (Å²) in [5.41, 5.74) is 4.21. The predicted octanol–water partition coefficient (Wildman–Crippen LogP) is 6.35. The van der Waals surface area contributed by atoms with Crippen molar-refractivity contribution in [1.29, 1.82) is 0 Å². The number of hydrogen-bond acceptors (Lipinski definition) is 6. The molecule has 0 bridgehead atoms. The third-order valence-electron chi connectivity index (χ3n) is 8.92. The molecule has 0 radical (unpaired) electrons. The Labute approximate surface area is 297 Å². The Hall–Kier alpha value is -4.71. The van der Waals surface area contributed by atoms with Crippen molar-refractivity contribution < 1.29 is 30.5 Å². The van der Waals surface area contributed by atoms with Crippen LogP contribution in [0.15, 0.2) is 122 Å². The van der Waals surface area contributed by atoms with E-state index in [1.54, 1.807) is 6.20 Å². The molecular weight excluding hydrogens is 792 g/mol. The minimum Gasteiger partial charge on any atom is -0.504 e. The van der Waals surface area contributed by atoms with Crippen LogP contribution in [-0.2, 0) is 26.5 Å². The quantitative estimate of drug-likeness (QED) is 0.149. The monoisotopic (exact) mass is 824 g/mol. The number of ether oxygens (including phenoxy) is 2. The zero-order valence-electron chi connectivity index (χ0n) is 27.0. The Morgan fingerprint density at radius 2 is 1.42 bits per heavy atom. The number of aromatic nitrogens is 2. The summed E-state index contributed by atoms with van der Waals surface area (Å²) < 4.78 is 13.0. The van der Waals surface area contributed by atoms with Crippen LogP contribution in [0.4, 0.5) is 17.1 Å². The minimum atomic E-state index is -3.04. The summed E-state index contributed by atoms with van der Waals surface area (Å²) in [4.78, 5) is 13.9. The summed E-state index contributed by atoms with van der Waals surface area (Å²) in [6, 6.07) is 44.5. The van der Waals surface area contributed by atoms with Crippen LogP contribution in [0.25, 0.3) is 0 Å². The topological polar surface area (TPSA) is 50.7 Å². The normalized spacial score (nSPS) is 14.2. The Morgan fingerprint density at radius 3 is 2.15 bits per heavy atom. The van der Waals surface area contributed by atoms with E-state index < -0.39 is 8.07 Å². The van der Waals surface area contributed by atoms with E-state index in [1.807, 2.05) is 62.4 Å². The maximum Gasteiger partial charge on any atom is 0.186 e. The van der Waals surface area contributed by atoms with E-state index >= 15 is 0 Å². The molecule has 6 aromatic rings. The number of pyridine rings is 2.